The Labute approximate surface area is 122 Å². The number of nitrogens with one attached hydrogen (secondary N) is 1. The van der Waals surface area contributed by atoms with Crippen molar-refractivity contribution in [1.82, 2.24) is 4.90 Å². The lowest BCUT2D eigenvalue weighted by molar-refractivity contribution is 0.0698. The van der Waals surface area contributed by atoms with Gasteiger partial charge in [0.05, 0.1) is 11.3 Å². The van der Waals surface area contributed by atoms with Gasteiger partial charge in [-0.1, -0.05) is 6.42 Å². The normalized spacial score (nSPS) is 25.6. The van der Waals surface area contributed by atoms with E-state index < -0.39 is 11.8 Å². The summed E-state index contributed by atoms with van der Waals surface area (Å²) in [5, 5.41) is 12.3. The summed E-state index contributed by atoms with van der Waals surface area (Å²) in [4.78, 5) is 13.6. The zero-order valence-electron chi connectivity index (χ0n) is 11.8. The number of benzene rings is 1. The summed E-state index contributed by atoms with van der Waals surface area (Å²) in [6.07, 6.45) is 4.49. The lowest BCUT2D eigenvalue weighted by Crippen LogP contribution is -2.41. The molecule has 2 fully saturated rings. The number of nitrogens with two attached hydrogens (primary N) is 1. The number of hydrogen-bond acceptors (Lipinski definition) is 4. The molecule has 0 saturated carbocycles. The standard InChI is InChI=1S/C15H20FN3O2/c16-10-8-11(17)9(15(20)21)7-13(10)18-12-4-6-19-5-2-1-3-14(12)19/h7-8,12,14,18H,1-6,17H2,(H,20,21). The summed E-state index contributed by atoms with van der Waals surface area (Å²) < 4.78 is 14.0. The predicted octanol–water partition coefficient (Wildman–Crippen LogP) is 2.14. The zero-order chi connectivity index (χ0) is 15.0. The predicted molar refractivity (Wildman–Crippen MR) is 79.0 cm³/mol. The van der Waals surface area contributed by atoms with Crippen LogP contribution in [0.5, 0.6) is 0 Å². The molecule has 0 bridgehead atoms. The lowest BCUT2D eigenvalue weighted by atomic mass is 9.98. The van der Waals surface area contributed by atoms with Gasteiger partial charge in [0.15, 0.2) is 0 Å². The van der Waals surface area contributed by atoms with E-state index >= 15 is 0 Å². The van der Waals surface area contributed by atoms with Crippen LogP contribution in [0.4, 0.5) is 15.8 Å². The molecule has 6 heteroatoms. The molecule has 2 aliphatic rings. The molecule has 1 aromatic rings. The van der Waals surface area contributed by atoms with Gasteiger partial charge in [-0.15, -0.1) is 0 Å². The van der Waals surface area contributed by atoms with Crippen molar-refractivity contribution in [2.45, 2.75) is 37.8 Å². The molecule has 21 heavy (non-hydrogen) atoms. The van der Waals surface area contributed by atoms with Crippen molar-refractivity contribution in [3.63, 3.8) is 0 Å². The topological polar surface area (TPSA) is 78.6 Å². The van der Waals surface area contributed by atoms with Gasteiger partial charge in [0.2, 0.25) is 0 Å². The first kappa shape index (κ1) is 14.1. The summed E-state index contributed by atoms with van der Waals surface area (Å²) in [6, 6.07) is 2.98. The van der Waals surface area contributed by atoms with Crippen LogP contribution in [0.3, 0.4) is 0 Å². The number of nitrogens with zero attached hydrogens (tertiary/aromatic N) is 1. The summed E-state index contributed by atoms with van der Waals surface area (Å²) >= 11 is 0. The van der Waals surface area contributed by atoms with Crippen LogP contribution >= 0.6 is 0 Å². The molecule has 4 N–H and O–H groups in total. The quantitative estimate of drug-likeness (QED) is 0.744. The second-order valence-electron chi connectivity index (χ2n) is 5.86. The van der Waals surface area contributed by atoms with E-state index in [0.717, 1.165) is 32.0 Å². The highest BCUT2D eigenvalue weighted by atomic mass is 19.1. The van der Waals surface area contributed by atoms with Gasteiger partial charge in [-0.25, -0.2) is 9.18 Å². The van der Waals surface area contributed by atoms with Crippen LogP contribution in [0.15, 0.2) is 12.1 Å². The first-order valence-corrected chi connectivity index (χ1v) is 7.39. The van der Waals surface area contributed by atoms with E-state index in [-0.39, 0.29) is 23.0 Å². The Balaban J connectivity index is 1.81. The van der Waals surface area contributed by atoms with Crippen LogP contribution in [0, 0.1) is 5.82 Å². The SMILES string of the molecule is Nc1cc(F)c(NC2CCN3CCCCC23)cc1C(=O)O. The average Bonchev–Trinajstić information content (AvgIpc) is 2.85. The molecular weight excluding hydrogens is 273 g/mol. The number of anilines is 2. The van der Waals surface area contributed by atoms with Crippen molar-refractivity contribution in [2.24, 2.45) is 0 Å². The molecule has 2 heterocycles. The van der Waals surface area contributed by atoms with Gasteiger partial charge in [-0.3, -0.25) is 4.90 Å². The fourth-order valence-corrected chi connectivity index (χ4v) is 3.50. The van der Waals surface area contributed by atoms with Crippen molar-refractivity contribution in [3.8, 4) is 0 Å². The third-order valence-electron chi connectivity index (χ3n) is 4.57. The van der Waals surface area contributed by atoms with E-state index in [1.165, 1.54) is 18.9 Å². The van der Waals surface area contributed by atoms with E-state index in [2.05, 4.69) is 10.2 Å². The molecule has 2 atom stereocenters. The Morgan fingerprint density at radius 2 is 2.14 bits per heavy atom. The van der Waals surface area contributed by atoms with E-state index in [1.807, 2.05) is 0 Å². The Kier molecular flexibility index (Phi) is 3.71. The number of hydrogen-bond donors (Lipinski definition) is 3. The molecule has 114 valence electrons. The summed E-state index contributed by atoms with van der Waals surface area (Å²) in [6.45, 7) is 2.12. The fourth-order valence-electron chi connectivity index (χ4n) is 3.50. The van der Waals surface area contributed by atoms with Crippen molar-refractivity contribution in [2.75, 3.05) is 24.1 Å². The number of aromatic carboxylic acids is 1. The van der Waals surface area contributed by atoms with Crippen LogP contribution in [0.25, 0.3) is 0 Å². The molecule has 0 spiro atoms. The van der Waals surface area contributed by atoms with Gasteiger partial charge in [0, 0.05) is 24.3 Å². The van der Waals surface area contributed by atoms with Gasteiger partial charge in [0.1, 0.15) is 5.82 Å². The van der Waals surface area contributed by atoms with E-state index in [1.54, 1.807) is 0 Å². The molecule has 0 radical (unpaired) electrons. The molecule has 2 aliphatic heterocycles. The van der Waals surface area contributed by atoms with Gasteiger partial charge in [0.25, 0.3) is 0 Å². The molecular formula is C15H20FN3O2. The number of carboxylic acid groups (broad SMARTS) is 1. The molecule has 0 aromatic heterocycles. The highest BCUT2D eigenvalue weighted by Gasteiger charge is 2.35. The van der Waals surface area contributed by atoms with E-state index in [9.17, 15) is 9.18 Å². The molecule has 2 saturated heterocycles. The van der Waals surface area contributed by atoms with Crippen LogP contribution in [0.2, 0.25) is 0 Å². The maximum atomic E-state index is 14.0. The number of piperidine rings is 1. The number of nitrogen functional groups attached to an aromatic ring is 1. The molecule has 5 nitrogen and oxygen atoms in total. The number of carboxylic acids is 1. The van der Waals surface area contributed by atoms with Crippen LogP contribution < -0.4 is 11.1 Å². The van der Waals surface area contributed by atoms with Gasteiger partial charge in [-0.2, -0.15) is 0 Å². The molecule has 1 aromatic carbocycles. The summed E-state index contributed by atoms with van der Waals surface area (Å²) in [5.41, 5.74) is 5.68. The number of rotatable bonds is 3. The summed E-state index contributed by atoms with van der Waals surface area (Å²) in [7, 11) is 0. The summed E-state index contributed by atoms with van der Waals surface area (Å²) in [5.74, 6) is -1.63. The largest absolute Gasteiger partial charge is 0.478 e. The number of fused-ring (bicyclic) bond motifs is 1. The second-order valence-corrected chi connectivity index (χ2v) is 5.86. The van der Waals surface area contributed by atoms with E-state index in [0.29, 0.717) is 6.04 Å². The average molecular weight is 293 g/mol. The van der Waals surface area contributed by atoms with Crippen molar-refractivity contribution in [3.05, 3.63) is 23.5 Å². The maximum Gasteiger partial charge on any atom is 0.337 e. The minimum atomic E-state index is -1.14. The number of halogens is 1. The van der Waals surface area contributed by atoms with Crippen LogP contribution in [-0.4, -0.2) is 41.1 Å². The number of carbonyl (C=O) groups is 1. The molecule has 2 unspecified atom stereocenters. The van der Waals surface area contributed by atoms with Gasteiger partial charge >= 0.3 is 5.97 Å². The first-order chi connectivity index (χ1) is 10.1. The smallest absolute Gasteiger partial charge is 0.337 e. The Hall–Kier alpha value is -1.82. The lowest BCUT2D eigenvalue weighted by Gasteiger charge is -2.33. The van der Waals surface area contributed by atoms with Gasteiger partial charge < -0.3 is 16.2 Å². The maximum absolute atomic E-state index is 14.0. The second kappa shape index (κ2) is 5.52. The van der Waals surface area contributed by atoms with Crippen molar-refractivity contribution >= 4 is 17.3 Å². The zero-order valence-corrected chi connectivity index (χ0v) is 11.8. The Bertz CT molecular complexity index is 564. The third-order valence-corrected chi connectivity index (χ3v) is 4.57. The third kappa shape index (κ3) is 2.68. The Morgan fingerprint density at radius 1 is 1.33 bits per heavy atom. The van der Waals surface area contributed by atoms with Crippen molar-refractivity contribution in [1.29, 1.82) is 0 Å². The highest BCUT2D eigenvalue weighted by Crippen LogP contribution is 2.31. The first-order valence-electron chi connectivity index (χ1n) is 7.39. The molecule has 3 rings (SSSR count). The van der Waals surface area contributed by atoms with Crippen LogP contribution in [-0.2, 0) is 0 Å². The molecule has 0 amide bonds. The minimum Gasteiger partial charge on any atom is -0.478 e. The van der Waals surface area contributed by atoms with Gasteiger partial charge in [-0.05, 0) is 37.9 Å². The minimum absolute atomic E-state index is 0.0451. The van der Waals surface area contributed by atoms with E-state index in [4.69, 9.17) is 10.8 Å². The van der Waals surface area contributed by atoms with Crippen molar-refractivity contribution < 1.29 is 14.3 Å². The van der Waals surface area contributed by atoms with Crippen LogP contribution in [0.1, 0.15) is 36.0 Å². The highest BCUT2D eigenvalue weighted by molar-refractivity contribution is 5.94. The Morgan fingerprint density at radius 3 is 2.90 bits per heavy atom. The fraction of sp³-hybridized carbons (Fsp3) is 0.533. The molecule has 0 aliphatic carbocycles. The monoisotopic (exact) mass is 293 g/mol.